The van der Waals surface area contributed by atoms with Crippen LogP contribution in [-0.2, 0) is 6.54 Å². The van der Waals surface area contributed by atoms with Crippen LogP contribution in [0.25, 0.3) is 0 Å². The van der Waals surface area contributed by atoms with Crippen LogP contribution in [0.15, 0.2) is 36.5 Å². The predicted octanol–water partition coefficient (Wildman–Crippen LogP) is 2.98. The quantitative estimate of drug-likeness (QED) is 0.819. The summed E-state index contributed by atoms with van der Waals surface area (Å²) in [5, 5.41) is 13.9. The van der Waals surface area contributed by atoms with Crippen molar-refractivity contribution in [3.8, 4) is 0 Å². The molecule has 0 unspecified atom stereocenters. The van der Waals surface area contributed by atoms with Gasteiger partial charge in [-0.1, -0.05) is 30.3 Å². The van der Waals surface area contributed by atoms with Crippen LogP contribution in [0.5, 0.6) is 0 Å². The monoisotopic (exact) mass is 371 g/mol. The molecule has 2 heterocycles. The summed E-state index contributed by atoms with van der Waals surface area (Å²) in [5.41, 5.74) is 1.10. The van der Waals surface area contributed by atoms with E-state index in [0.29, 0.717) is 4.88 Å². The molecule has 1 aromatic heterocycles. The standard InChI is InChI=1S/C20H25N3O2S/c24-16-10-15(11-16)19(14-6-2-1-3-7-14)22-20(25)17-12-21-18(26-17)13-23-8-4-5-9-23/h1-3,6-7,12,15-16,19,24H,4-5,8-11,13H2,(H,22,25)/t15?,16?,19-/m1/s1. The Bertz CT molecular complexity index is 737. The number of thiazole rings is 1. The number of likely N-dealkylation sites (tertiary alicyclic amines) is 1. The highest BCUT2D eigenvalue weighted by Gasteiger charge is 2.36. The molecule has 138 valence electrons. The number of aliphatic hydroxyl groups is 1. The second-order valence-corrected chi connectivity index (χ2v) is 8.46. The molecule has 2 aliphatic rings. The van der Waals surface area contributed by atoms with Gasteiger partial charge in [0.15, 0.2) is 0 Å². The lowest BCUT2D eigenvalue weighted by Gasteiger charge is -2.38. The van der Waals surface area contributed by atoms with Crippen LogP contribution in [0.4, 0.5) is 0 Å². The van der Waals surface area contributed by atoms with Crippen molar-refractivity contribution in [2.45, 2.75) is 44.4 Å². The van der Waals surface area contributed by atoms with Crippen molar-refractivity contribution in [3.63, 3.8) is 0 Å². The van der Waals surface area contributed by atoms with E-state index in [4.69, 9.17) is 0 Å². The molecule has 2 aromatic rings. The third kappa shape index (κ3) is 3.98. The van der Waals surface area contributed by atoms with Crippen molar-refractivity contribution in [2.24, 2.45) is 5.92 Å². The SMILES string of the molecule is O=C(N[C@H](c1ccccc1)C1CC(O)C1)c1cnc(CN2CCCC2)s1. The fourth-order valence-electron chi connectivity index (χ4n) is 3.87. The Balaban J connectivity index is 1.43. The molecule has 1 saturated heterocycles. The van der Waals surface area contributed by atoms with Crippen LogP contribution >= 0.6 is 11.3 Å². The lowest BCUT2D eigenvalue weighted by Crippen LogP contribution is -2.41. The molecule has 6 heteroatoms. The van der Waals surface area contributed by atoms with E-state index in [9.17, 15) is 9.90 Å². The van der Waals surface area contributed by atoms with Crippen molar-refractivity contribution in [2.75, 3.05) is 13.1 Å². The first-order chi connectivity index (χ1) is 12.7. The molecular weight excluding hydrogens is 346 g/mol. The topological polar surface area (TPSA) is 65.5 Å². The molecule has 4 rings (SSSR count). The second kappa shape index (κ2) is 7.86. The van der Waals surface area contributed by atoms with Crippen molar-refractivity contribution >= 4 is 17.2 Å². The molecule has 1 aromatic carbocycles. The fraction of sp³-hybridized carbons (Fsp3) is 0.500. The average molecular weight is 372 g/mol. The van der Waals surface area contributed by atoms with Gasteiger partial charge in [-0.3, -0.25) is 9.69 Å². The first kappa shape index (κ1) is 17.6. The van der Waals surface area contributed by atoms with Crippen molar-refractivity contribution < 1.29 is 9.90 Å². The zero-order valence-electron chi connectivity index (χ0n) is 14.8. The lowest BCUT2D eigenvalue weighted by molar-refractivity contribution is 0.0235. The summed E-state index contributed by atoms with van der Waals surface area (Å²) in [7, 11) is 0. The number of nitrogens with zero attached hydrogens (tertiary/aromatic N) is 2. The number of hydrogen-bond donors (Lipinski definition) is 2. The Labute approximate surface area is 158 Å². The summed E-state index contributed by atoms with van der Waals surface area (Å²) in [6.07, 6.45) is 5.45. The van der Waals surface area contributed by atoms with Crippen LogP contribution in [0.2, 0.25) is 0 Å². The molecule has 0 spiro atoms. The summed E-state index contributed by atoms with van der Waals surface area (Å²) < 4.78 is 0. The number of carbonyl (C=O) groups excluding carboxylic acids is 1. The Hall–Kier alpha value is -1.76. The van der Waals surface area contributed by atoms with Crippen molar-refractivity contribution in [1.82, 2.24) is 15.2 Å². The maximum Gasteiger partial charge on any atom is 0.263 e. The van der Waals surface area contributed by atoms with Gasteiger partial charge in [0, 0.05) is 0 Å². The van der Waals surface area contributed by atoms with Gasteiger partial charge in [-0.05, 0) is 50.3 Å². The zero-order valence-corrected chi connectivity index (χ0v) is 15.6. The minimum Gasteiger partial charge on any atom is -0.393 e. The fourth-order valence-corrected chi connectivity index (χ4v) is 4.73. The van der Waals surface area contributed by atoms with E-state index >= 15 is 0 Å². The minimum absolute atomic E-state index is 0.0590. The number of aromatic nitrogens is 1. The van der Waals surface area contributed by atoms with Crippen LogP contribution in [-0.4, -0.2) is 40.1 Å². The number of carbonyl (C=O) groups is 1. The van der Waals surface area contributed by atoms with E-state index in [1.54, 1.807) is 6.20 Å². The van der Waals surface area contributed by atoms with Crippen LogP contribution in [0, 0.1) is 5.92 Å². The zero-order chi connectivity index (χ0) is 17.9. The highest BCUT2D eigenvalue weighted by atomic mass is 32.1. The molecule has 1 aliphatic heterocycles. The van der Waals surface area contributed by atoms with E-state index in [0.717, 1.165) is 43.0 Å². The minimum atomic E-state index is -0.237. The number of hydrogen-bond acceptors (Lipinski definition) is 5. The second-order valence-electron chi connectivity index (χ2n) is 7.35. The Morgan fingerprint density at radius 1 is 1.27 bits per heavy atom. The average Bonchev–Trinajstić information content (AvgIpc) is 3.30. The lowest BCUT2D eigenvalue weighted by atomic mass is 9.75. The number of rotatable bonds is 6. The molecule has 1 saturated carbocycles. The van der Waals surface area contributed by atoms with E-state index < -0.39 is 0 Å². The van der Waals surface area contributed by atoms with E-state index in [-0.39, 0.29) is 24.0 Å². The molecular formula is C20H25N3O2S. The number of nitrogens with one attached hydrogen (secondary N) is 1. The van der Waals surface area contributed by atoms with Gasteiger partial charge in [-0.25, -0.2) is 4.98 Å². The summed E-state index contributed by atoms with van der Waals surface area (Å²) >= 11 is 1.49. The van der Waals surface area contributed by atoms with Crippen molar-refractivity contribution in [3.05, 3.63) is 52.0 Å². The molecule has 1 amide bonds. The highest BCUT2D eigenvalue weighted by Crippen LogP contribution is 2.38. The van der Waals surface area contributed by atoms with Gasteiger partial charge in [0.25, 0.3) is 5.91 Å². The number of aliphatic hydroxyl groups excluding tert-OH is 1. The van der Waals surface area contributed by atoms with E-state index in [1.807, 2.05) is 30.3 Å². The van der Waals surface area contributed by atoms with Crippen LogP contribution < -0.4 is 5.32 Å². The van der Waals surface area contributed by atoms with Gasteiger partial charge in [0.2, 0.25) is 0 Å². The van der Waals surface area contributed by atoms with Gasteiger partial charge in [-0.2, -0.15) is 0 Å². The van der Waals surface area contributed by atoms with Gasteiger partial charge in [0.1, 0.15) is 9.88 Å². The van der Waals surface area contributed by atoms with E-state index in [1.165, 1.54) is 24.2 Å². The van der Waals surface area contributed by atoms with Gasteiger partial charge >= 0.3 is 0 Å². The Morgan fingerprint density at radius 3 is 2.69 bits per heavy atom. The summed E-state index contributed by atoms with van der Waals surface area (Å²) in [6.45, 7) is 3.09. The molecule has 2 N–H and O–H groups in total. The third-order valence-corrected chi connectivity index (χ3v) is 6.38. The van der Waals surface area contributed by atoms with Gasteiger partial charge < -0.3 is 10.4 Å². The first-order valence-electron chi connectivity index (χ1n) is 9.40. The molecule has 0 radical (unpaired) electrons. The van der Waals surface area contributed by atoms with Gasteiger partial charge in [-0.15, -0.1) is 11.3 Å². The smallest absolute Gasteiger partial charge is 0.263 e. The summed E-state index contributed by atoms with van der Waals surface area (Å²) in [4.78, 5) is 20.3. The molecule has 26 heavy (non-hydrogen) atoms. The predicted molar refractivity (Wildman–Crippen MR) is 102 cm³/mol. The van der Waals surface area contributed by atoms with E-state index in [2.05, 4.69) is 15.2 Å². The highest BCUT2D eigenvalue weighted by molar-refractivity contribution is 7.13. The largest absolute Gasteiger partial charge is 0.393 e. The van der Waals surface area contributed by atoms with Gasteiger partial charge in [0.05, 0.1) is 24.9 Å². The molecule has 1 atom stereocenters. The molecule has 1 aliphatic carbocycles. The molecule has 5 nitrogen and oxygen atoms in total. The molecule has 2 fully saturated rings. The third-order valence-electron chi connectivity index (χ3n) is 5.40. The van der Waals surface area contributed by atoms with Crippen LogP contribution in [0.1, 0.15) is 52.0 Å². The summed E-state index contributed by atoms with van der Waals surface area (Å²) in [6, 6.07) is 9.99. The normalized spacial score (nSPS) is 24.2. The number of amides is 1. The maximum atomic E-state index is 12.8. The maximum absolute atomic E-state index is 12.8. The first-order valence-corrected chi connectivity index (χ1v) is 10.2. The van der Waals surface area contributed by atoms with Crippen molar-refractivity contribution in [1.29, 1.82) is 0 Å². The van der Waals surface area contributed by atoms with Crippen LogP contribution in [0.3, 0.4) is 0 Å². The Morgan fingerprint density at radius 2 is 2.00 bits per heavy atom. The molecule has 0 bridgehead atoms. The Kier molecular flexibility index (Phi) is 5.33. The number of benzene rings is 1. The summed E-state index contributed by atoms with van der Waals surface area (Å²) in [5.74, 6) is 0.221.